The molecule has 5 heteroatoms. The van der Waals surface area contributed by atoms with Crippen molar-refractivity contribution in [2.45, 2.75) is 36.9 Å². The Morgan fingerprint density at radius 3 is 1.95 bits per heavy atom. The Labute approximate surface area is 135 Å². The molecule has 0 N–H and O–H groups in total. The lowest BCUT2D eigenvalue weighted by Crippen LogP contribution is -2.60. The lowest BCUT2D eigenvalue weighted by molar-refractivity contribution is -0.162. The summed E-state index contributed by atoms with van der Waals surface area (Å²) in [4.78, 5) is 24.8. The summed E-state index contributed by atoms with van der Waals surface area (Å²) in [6, 6.07) is 0. The van der Waals surface area contributed by atoms with Crippen LogP contribution in [0, 0.1) is 35.5 Å². The molecule has 4 aliphatic carbocycles. The molecule has 5 aliphatic rings. The molecule has 4 bridgehead atoms. The van der Waals surface area contributed by atoms with Crippen molar-refractivity contribution in [2.24, 2.45) is 35.5 Å². The van der Waals surface area contributed by atoms with Gasteiger partial charge in [-0.1, -0.05) is 0 Å². The predicted octanol–water partition coefficient (Wildman–Crippen LogP) is 2.51. The Morgan fingerprint density at radius 1 is 0.909 bits per heavy atom. The van der Waals surface area contributed by atoms with Gasteiger partial charge in [-0.2, -0.15) is 11.8 Å². The van der Waals surface area contributed by atoms with E-state index in [0.717, 1.165) is 11.8 Å². The summed E-state index contributed by atoms with van der Waals surface area (Å²) in [7, 11) is 2.87. The first-order valence-corrected chi connectivity index (χ1v) is 9.38. The van der Waals surface area contributed by atoms with Gasteiger partial charge in [0.25, 0.3) is 0 Å². The van der Waals surface area contributed by atoms with Crippen molar-refractivity contribution in [1.29, 1.82) is 0 Å². The quantitative estimate of drug-likeness (QED) is 0.731. The first kappa shape index (κ1) is 14.9. The van der Waals surface area contributed by atoms with Crippen molar-refractivity contribution in [3.05, 3.63) is 0 Å². The highest BCUT2D eigenvalue weighted by molar-refractivity contribution is 8.01. The maximum absolute atomic E-state index is 12.6. The van der Waals surface area contributed by atoms with Crippen LogP contribution in [-0.2, 0) is 19.1 Å². The number of hydrogen-bond acceptors (Lipinski definition) is 5. The third-order valence-corrected chi connectivity index (χ3v) is 8.72. The summed E-state index contributed by atoms with van der Waals surface area (Å²) in [6.45, 7) is 0. The molecule has 1 aliphatic heterocycles. The van der Waals surface area contributed by atoms with Crippen molar-refractivity contribution in [2.75, 3.05) is 20.0 Å². The zero-order valence-corrected chi connectivity index (χ0v) is 14.1. The Bertz CT molecular complexity index is 475. The molecule has 5 fully saturated rings. The number of thioether (sulfide) groups is 1. The molecular weight excluding hydrogens is 300 g/mol. The topological polar surface area (TPSA) is 52.6 Å². The van der Waals surface area contributed by atoms with Gasteiger partial charge in [-0.15, -0.1) is 0 Å². The standard InChI is InChI=1S/C17H24O4S/c1-20-15(18)13-8-22-17(14(13)16(19)21-2)11-4-9-3-10(6-11)7-12(17)5-9/h9-14H,3-8H2,1-2H3/t9?,10?,11?,12?,13-,14-,17?/m1/s1. The van der Waals surface area contributed by atoms with Gasteiger partial charge in [0, 0.05) is 10.5 Å². The van der Waals surface area contributed by atoms with E-state index in [1.807, 2.05) is 11.8 Å². The third kappa shape index (κ3) is 1.84. The molecule has 4 nitrogen and oxygen atoms in total. The van der Waals surface area contributed by atoms with E-state index in [1.54, 1.807) is 0 Å². The first-order valence-electron chi connectivity index (χ1n) is 8.39. The Balaban J connectivity index is 1.73. The second-order valence-electron chi connectivity index (χ2n) is 7.60. The van der Waals surface area contributed by atoms with Crippen molar-refractivity contribution in [3.63, 3.8) is 0 Å². The number of carbonyl (C=O) groups is 2. The molecule has 1 saturated heterocycles. The molecule has 0 radical (unpaired) electrons. The molecule has 22 heavy (non-hydrogen) atoms. The molecule has 2 atom stereocenters. The highest BCUT2D eigenvalue weighted by Gasteiger charge is 2.67. The number of hydrogen-bond donors (Lipinski definition) is 0. The Hall–Kier alpha value is -0.710. The Morgan fingerprint density at radius 2 is 1.45 bits per heavy atom. The molecule has 1 spiro atoms. The van der Waals surface area contributed by atoms with Gasteiger partial charge in [0.05, 0.1) is 26.1 Å². The molecule has 0 aromatic heterocycles. The van der Waals surface area contributed by atoms with Crippen LogP contribution < -0.4 is 0 Å². The monoisotopic (exact) mass is 324 g/mol. The van der Waals surface area contributed by atoms with E-state index in [-0.39, 0.29) is 28.5 Å². The summed E-state index contributed by atoms with van der Waals surface area (Å²) < 4.78 is 10.0. The second-order valence-corrected chi connectivity index (χ2v) is 8.93. The Kier molecular flexibility index (Phi) is 3.48. The van der Waals surface area contributed by atoms with Crippen LogP contribution >= 0.6 is 11.8 Å². The van der Waals surface area contributed by atoms with Crippen LogP contribution in [0.1, 0.15) is 32.1 Å². The highest BCUT2D eigenvalue weighted by atomic mass is 32.2. The number of carbonyl (C=O) groups excluding carboxylic acids is 2. The van der Waals surface area contributed by atoms with Gasteiger partial charge in [-0.25, -0.2) is 0 Å². The number of ether oxygens (including phenoxy) is 2. The first-order chi connectivity index (χ1) is 10.6. The minimum atomic E-state index is -0.333. The van der Waals surface area contributed by atoms with Gasteiger partial charge in [0.15, 0.2) is 0 Å². The largest absolute Gasteiger partial charge is 0.469 e. The maximum atomic E-state index is 12.6. The van der Waals surface area contributed by atoms with Gasteiger partial charge >= 0.3 is 11.9 Å². The van der Waals surface area contributed by atoms with Gasteiger partial charge < -0.3 is 9.47 Å². The minimum Gasteiger partial charge on any atom is -0.469 e. The van der Waals surface area contributed by atoms with Crippen LogP contribution in [0.25, 0.3) is 0 Å². The predicted molar refractivity (Wildman–Crippen MR) is 83.2 cm³/mol. The summed E-state index contributed by atoms with van der Waals surface area (Å²) in [6.07, 6.45) is 6.34. The minimum absolute atomic E-state index is 0.0701. The van der Waals surface area contributed by atoms with E-state index in [1.165, 1.54) is 46.3 Å². The SMILES string of the molecule is COC(=O)[C@@H]1CSC2(C3CC4CC(C3)CC2C4)[C@H]1C(=O)OC. The smallest absolute Gasteiger partial charge is 0.311 e. The molecule has 5 rings (SSSR count). The summed E-state index contributed by atoms with van der Waals surface area (Å²) in [5.74, 6) is 2.47. The van der Waals surface area contributed by atoms with E-state index < -0.39 is 0 Å². The fourth-order valence-electron chi connectivity index (χ4n) is 6.23. The second kappa shape index (κ2) is 5.15. The van der Waals surface area contributed by atoms with Gasteiger partial charge in [0.2, 0.25) is 0 Å². The van der Waals surface area contributed by atoms with Gasteiger partial charge in [0.1, 0.15) is 0 Å². The summed E-state index contributed by atoms with van der Waals surface area (Å²) in [5, 5.41) is 0. The van der Waals surface area contributed by atoms with Crippen LogP contribution in [0.3, 0.4) is 0 Å². The number of methoxy groups -OCH3 is 2. The van der Waals surface area contributed by atoms with Crippen molar-refractivity contribution >= 4 is 23.7 Å². The van der Waals surface area contributed by atoms with Gasteiger partial charge in [-0.05, 0) is 55.8 Å². The molecule has 0 aromatic carbocycles. The van der Waals surface area contributed by atoms with Crippen molar-refractivity contribution in [1.82, 2.24) is 0 Å². The number of esters is 2. The van der Waals surface area contributed by atoms with Crippen LogP contribution in [0.15, 0.2) is 0 Å². The van der Waals surface area contributed by atoms with E-state index in [2.05, 4.69) is 0 Å². The average molecular weight is 324 g/mol. The fourth-order valence-corrected chi connectivity index (χ4v) is 8.32. The maximum Gasteiger partial charge on any atom is 0.311 e. The average Bonchev–Trinajstić information content (AvgIpc) is 2.91. The molecule has 0 aromatic rings. The molecule has 1 heterocycles. The molecule has 0 unspecified atom stereocenters. The zero-order chi connectivity index (χ0) is 15.5. The van der Waals surface area contributed by atoms with E-state index in [9.17, 15) is 9.59 Å². The lowest BCUT2D eigenvalue weighted by Gasteiger charge is -2.61. The molecule has 122 valence electrons. The van der Waals surface area contributed by atoms with E-state index in [0.29, 0.717) is 17.6 Å². The number of rotatable bonds is 2. The van der Waals surface area contributed by atoms with E-state index in [4.69, 9.17) is 9.47 Å². The molecule has 4 saturated carbocycles. The fraction of sp³-hybridized carbons (Fsp3) is 0.882. The van der Waals surface area contributed by atoms with Crippen LogP contribution in [-0.4, -0.2) is 36.7 Å². The molecular formula is C17H24O4S. The zero-order valence-electron chi connectivity index (χ0n) is 13.2. The van der Waals surface area contributed by atoms with Crippen LogP contribution in [0.4, 0.5) is 0 Å². The highest BCUT2D eigenvalue weighted by Crippen LogP contribution is 2.68. The van der Waals surface area contributed by atoms with Gasteiger partial charge in [-0.3, -0.25) is 9.59 Å². The van der Waals surface area contributed by atoms with Crippen molar-refractivity contribution < 1.29 is 19.1 Å². The van der Waals surface area contributed by atoms with Crippen LogP contribution in [0.5, 0.6) is 0 Å². The molecule has 0 amide bonds. The van der Waals surface area contributed by atoms with Crippen molar-refractivity contribution in [3.8, 4) is 0 Å². The summed E-state index contributed by atoms with van der Waals surface area (Å²) >= 11 is 1.88. The summed E-state index contributed by atoms with van der Waals surface area (Å²) in [5.41, 5.74) is 0. The normalized spacial score (nSPS) is 48.6. The lowest BCUT2D eigenvalue weighted by atomic mass is 9.48. The third-order valence-electron chi connectivity index (χ3n) is 6.77. The van der Waals surface area contributed by atoms with Crippen LogP contribution in [0.2, 0.25) is 0 Å². The van der Waals surface area contributed by atoms with E-state index >= 15 is 0 Å².